The van der Waals surface area contributed by atoms with Gasteiger partial charge in [-0.25, -0.2) is 0 Å². The van der Waals surface area contributed by atoms with Crippen LogP contribution in [-0.4, -0.2) is 52.9 Å². The second-order valence-corrected chi connectivity index (χ2v) is 6.23. The standard InChI is InChI=1S/C17H35NO3/c1-4-7-8-9-12-16(19)15-18(5-2,6-3)14-11-10-13-17(20)21/h16,19H,4-15H2,1-3H3/p+1. The van der Waals surface area contributed by atoms with Crippen molar-refractivity contribution in [3.05, 3.63) is 0 Å². The molecule has 0 fully saturated rings. The number of aliphatic hydroxyl groups excluding tert-OH is 1. The second-order valence-electron chi connectivity index (χ2n) is 6.23. The zero-order valence-corrected chi connectivity index (χ0v) is 14.3. The lowest BCUT2D eigenvalue weighted by Gasteiger charge is -2.38. The molecule has 0 radical (unpaired) electrons. The normalized spacial score (nSPS) is 13.3. The first-order chi connectivity index (χ1) is 9.99. The number of hydrogen-bond acceptors (Lipinski definition) is 2. The fourth-order valence-corrected chi connectivity index (χ4v) is 2.96. The maximum absolute atomic E-state index is 10.6. The first-order valence-corrected chi connectivity index (χ1v) is 8.74. The molecule has 2 N–H and O–H groups in total. The summed E-state index contributed by atoms with van der Waals surface area (Å²) in [7, 11) is 0. The fourth-order valence-electron chi connectivity index (χ4n) is 2.96. The third-order valence-electron chi connectivity index (χ3n) is 4.60. The number of hydrogen-bond donors (Lipinski definition) is 2. The molecule has 0 amide bonds. The number of carboxylic acids is 1. The molecule has 0 bridgehead atoms. The number of quaternary nitrogens is 1. The third-order valence-corrected chi connectivity index (χ3v) is 4.60. The summed E-state index contributed by atoms with van der Waals surface area (Å²) in [6, 6.07) is 0. The van der Waals surface area contributed by atoms with Crippen LogP contribution in [0.4, 0.5) is 0 Å². The van der Waals surface area contributed by atoms with Gasteiger partial charge in [0.15, 0.2) is 0 Å². The zero-order valence-electron chi connectivity index (χ0n) is 14.3. The van der Waals surface area contributed by atoms with Crippen molar-refractivity contribution in [3.63, 3.8) is 0 Å². The second kappa shape index (κ2) is 12.0. The summed E-state index contributed by atoms with van der Waals surface area (Å²) in [5.41, 5.74) is 0. The average molecular weight is 302 g/mol. The summed E-state index contributed by atoms with van der Waals surface area (Å²) < 4.78 is 0.911. The van der Waals surface area contributed by atoms with Crippen molar-refractivity contribution in [2.24, 2.45) is 0 Å². The van der Waals surface area contributed by atoms with Gasteiger partial charge in [0.2, 0.25) is 0 Å². The van der Waals surface area contributed by atoms with E-state index < -0.39 is 5.97 Å². The molecule has 0 aromatic carbocycles. The van der Waals surface area contributed by atoms with E-state index in [-0.39, 0.29) is 12.5 Å². The van der Waals surface area contributed by atoms with E-state index in [1.54, 1.807) is 0 Å². The molecule has 4 nitrogen and oxygen atoms in total. The van der Waals surface area contributed by atoms with Crippen LogP contribution in [0.5, 0.6) is 0 Å². The van der Waals surface area contributed by atoms with Gasteiger partial charge in [0.25, 0.3) is 0 Å². The SMILES string of the molecule is CCCCCCC(O)C[N+](CC)(CC)CCCCC(=O)O. The van der Waals surface area contributed by atoms with Gasteiger partial charge in [-0.3, -0.25) is 4.79 Å². The van der Waals surface area contributed by atoms with Crippen LogP contribution in [0, 0.1) is 0 Å². The van der Waals surface area contributed by atoms with E-state index in [0.717, 1.165) is 56.3 Å². The lowest BCUT2D eigenvalue weighted by molar-refractivity contribution is -0.928. The number of rotatable bonds is 14. The van der Waals surface area contributed by atoms with E-state index in [1.165, 1.54) is 19.3 Å². The predicted octanol–water partition coefficient (Wildman–Crippen LogP) is 3.43. The molecular formula is C17H36NO3+. The summed E-state index contributed by atoms with van der Waals surface area (Å²) in [6.07, 6.45) is 7.40. The Bertz CT molecular complexity index is 265. The Hall–Kier alpha value is -0.610. The smallest absolute Gasteiger partial charge is 0.303 e. The van der Waals surface area contributed by atoms with Crippen LogP contribution in [0.15, 0.2) is 0 Å². The Morgan fingerprint density at radius 2 is 1.67 bits per heavy atom. The van der Waals surface area contributed by atoms with E-state index >= 15 is 0 Å². The molecule has 0 saturated heterocycles. The minimum atomic E-state index is -0.711. The molecule has 126 valence electrons. The van der Waals surface area contributed by atoms with Crippen molar-refractivity contribution in [3.8, 4) is 0 Å². The molecule has 0 spiro atoms. The molecule has 0 heterocycles. The number of aliphatic hydroxyl groups is 1. The Labute approximate surface area is 130 Å². The molecule has 0 rings (SSSR count). The maximum atomic E-state index is 10.6. The van der Waals surface area contributed by atoms with Crippen LogP contribution in [0.1, 0.15) is 72.1 Å². The highest BCUT2D eigenvalue weighted by Gasteiger charge is 2.26. The molecule has 0 aromatic heterocycles. The van der Waals surface area contributed by atoms with Crippen molar-refractivity contribution in [1.82, 2.24) is 0 Å². The van der Waals surface area contributed by atoms with Crippen LogP contribution >= 0.6 is 0 Å². The summed E-state index contributed by atoms with van der Waals surface area (Å²) in [5.74, 6) is -0.711. The van der Waals surface area contributed by atoms with Crippen LogP contribution < -0.4 is 0 Å². The van der Waals surface area contributed by atoms with Crippen LogP contribution in [0.2, 0.25) is 0 Å². The summed E-state index contributed by atoms with van der Waals surface area (Å²) >= 11 is 0. The van der Waals surface area contributed by atoms with Gasteiger partial charge in [-0.1, -0.05) is 32.6 Å². The van der Waals surface area contributed by atoms with Crippen molar-refractivity contribution in [2.45, 2.75) is 78.2 Å². The zero-order chi connectivity index (χ0) is 16.1. The molecule has 0 aromatic rings. The highest BCUT2D eigenvalue weighted by Crippen LogP contribution is 2.15. The monoisotopic (exact) mass is 302 g/mol. The Kier molecular flexibility index (Phi) is 11.6. The number of carbonyl (C=O) groups is 1. The van der Waals surface area contributed by atoms with E-state index in [1.807, 2.05) is 0 Å². The van der Waals surface area contributed by atoms with Gasteiger partial charge in [0.05, 0.1) is 19.6 Å². The largest absolute Gasteiger partial charge is 0.481 e. The molecule has 0 saturated carbocycles. The van der Waals surface area contributed by atoms with Crippen molar-refractivity contribution in [1.29, 1.82) is 0 Å². The third kappa shape index (κ3) is 9.86. The molecule has 21 heavy (non-hydrogen) atoms. The van der Waals surface area contributed by atoms with Gasteiger partial charge in [-0.05, 0) is 33.1 Å². The van der Waals surface area contributed by atoms with Gasteiger partial charge in [0, 0.05) is 6.42 Å². The fraction of sp³-hybridized carbons (Fsp3) is 0.941. The van der Waals surface area contributed by atoms with Gasteiger partial charge < -0.3 is 14.7 Å². The minimum absolute atomic E-state index is 0.221. The molecular weight excluding hydrogens is 266 g/mol. The summed E-state index contributed by atoms with van der Waals surface area (Å²) in [5, 5.41) is 19.0. The first-order valence-electron chi connectivity index (χ1n) is 8.74. The quantitative estimate of drug-likeness (QED) is 0.382. The van der Waals surface area contributed by atoms with Gasteiger partial charge in [-0.2, -0.15) is 0 Å². The molecule has 0 aliphatic heterocycles. The summed E-state index contributed by atoms with van der Waals surface area (Å²) in [6.45, 7) is 10.3. The van der Waals surface area contributed by atoms with Crippen LogP contribution in [-0.2, 0) is 4.79 Å². The molecule has 1 atom stereocenters. The van der Waals surface area contributed by atoms with E-state index in [4.69, 9.17) is 5.11 Å². The van der Waals surface area contributed by atoms with Gasteiger partial charge in [0.1, 0.15) is 12.6 Å². The van der Waals surface area contributed by atoms with Gasteiger partial charge in [-0.15, -0.1) is 0 Å². The lowest BCUT2D eigenvalue weighted by atomic mass is 10.1. The number of aliphatic carboxylic acids is 1. The minimum Gasteiger partial charge on any atom is -0.481 e. The Morgan fingerprint density at radius 1 is 1.00 bits per heavy atom. The summed E-state index contributed by atoms with van der Waals surface area (Å²) in [4.78, 5) is 10.6. The van der Waals surface area contributed by atoms with Crippen LogP contribution in [0.25, 0.3) is 0 Å². The van der Waals surface area contributed by atoms with Crippen molar-refractivity contribution >= 4 is 5.97 Å². The van der Waals surface area contributed by atoms with Crippen molar-refractivity contribution < 1.29 is 19.5 Å². The predicted molar refractivity (Wildman–Crippen MR) is 87.3 cm³/mol. The van der Waals surface area contributed by atoms with E-state index in [2.05, 4.69) is 20.8 Å². The molecule has 4 heteroatoms. The number of carboxylic acid groups (broad SMARTS) is 1. The first kappa shape index (κ1) is 20.4. The topological polar surface area (TPSA) is 57.5 Å². The van der Waals surface area contributed by atoms with E-state index in [0.29, 0.717) is 0 Å². The number of nitrogens with zero attached hydrogens (tertiary/aromatic N) is 1. The van der Waals surface area contributed by atoms with Crippen molar-refractivity contribution in [2.75, 3.05) is 26.2 Å². The van der Waals surface area contributed by atoms with E-state index in [9.17, 15) is 9.90 Å². The highest BCUT2D eigenvalue weighted by molar-refractivity contribution is 5.66. The Morgan fingerprint density at radius 3 is 2.19 bits per heavy atom. The highest BCUT2D eigenvalue weighted by atomic mass is 16.4. The lowest BCUT2D eigenvalue weighted by Crippen LogP contribution is -2.52. The average Bonchev–Trinajstić information content (AvgIpc) is 2.46. The number of likely N-dealkylation sites (N-methyl/N-ethyl adjacent to an activating group) is 1. The van der Waals surface area contributed by atoms with Gasteiger partial charge >= 0.3 is 5.97 Å². The van der Waals surface area contributed by atoms with Crippen LogP contribution in [0.3, 0.4) is 0 Å². The maximum Gasteiger partial charge on any atom is 0.303 e. The molecule has 0 aliphatic carbocycles. The number of unbranched alkanes of at least 4 members (excludes halogenated alkanes) is 4. The molecule has 1 unspecified atom stereocenters. The molecule has 0 aliphatic rings. The Balaban J connectivity index is 4.14.